The highest BCUT2D eigenvalue weighted by Crippen LogP contribution is 2.27. The number of carbonyl (C=O) groups excluding carboxylic acids is 1. The Hall–Kier alpha value is -1.35. The molecular formula is C14H20O3. The zero-order valence-corrected chi connectivity index (χ0v) is 10.9. The van der Waals surface area contributed by atoms with Gasteiger partial charge >= 0.3 is 5.97 Å². The van der Waals surface area contributed by atoms with Gasteiger partial charge in [-0.2, -0.15) is 0 Å². The van der Waals surface area contributed by atoms with Crippen molar-refractivity contribution in [1.29, 1.82) is 0 Å². The van der Waals surface area contributed by atoms with Crippen LogP contribution in [-0.4, -0.2) is 18.2 Å². The van der Waals surface area contributed by atoms with Gasteiger partial charge in [-0.05, 0) is 30.9 Å². The highest BCUT2D eigenvalue weighted by atomic mass is 16.5. The third-order valence-electron chi connectivity index (χ3n) is 3.01. The summed E-state index contributed by atoms with van der Waals surface area (Å²) in [6.07, 6.45) is -0.403. The molecule has 0 aliphatic carbocycles. The van der Waals surface area contributed by atoms with E-state index >= 15 is 0 Å². The molecule has 94 valence electrons. The molecule has 1 aromatic rings. The molecule has 0 spiro atoms. The van der Waals surface area contributed by atoms with Gasteiger partial charge in [-0.3, -0.25) is 4.79 Å². The summed E-state index contributed by atoms with van der Waals surface area (Å²) in [5.74, 6) is -0.440. The molecule has 2 atom stereocenters. The number of hydrogen-bond acceptors (Lipinski definition) is 3. The molecule has 3 heteroatoms. The van der Waals surface area contributed by atoms with Gasteiger partial charge < -0.3 is 9.84 Å². The van der Waals surface area contributed by atoms with E-state index in [-0.39, 0.29) is 18.3 Å². The second kappa shape index (κ2) is 5.82. The van der Waals surface area contributed by atoms with Gasteiger partial charge in [-0.1, -0.05) is 30.7 Å². The number of rotatable bonds is 4. The van der Waals surface area contributed by atoms with Crippen LogP contribution in [0.5, 0.6) is 0 Å². The molecule has 1 rings (SSSR count). The summed E-state index contributed by atoms with van der Waals surface area (Å²) in [7, 11) is 1.36. The normalized spacial score (nSPS) is 14.2. The Morgan fingerprint density at radius 2 is 2.06 bits per heavy atom. The molecule has 0 saturated carbocycles. The van der Waals surface area contributed by atoms with Gasteiger partial charge in [-0.25, -0.2) is 0 Å². The third kappa shape index (κ3) is 3.56. The largest absolute Gasteiger partial charge is 0.469 e. The molecule has 0 aliphatic heterocycles. The van der Waals surface area contributed by atoms with Crippen molar-refractivity contribution in [2.24, 2.45) is 5.92 Å². The first-order chi connectivity index (χ1) is 7.95. The lowest BCUT2D eigenvalue weighted by molar-refractivity contribution is -0.142. The van der Waals surface area contributed by atoms with Crippen molar-refractivity contribution in [2.75, 3.05) is 7.11 Å². The molecule has 0 amide bonds. The van der Waals surface area contributed by atoms with Crippen LogP contribution < -0.4 is 0 Å². The smallest absolute Gasteiger partial charge is 0.305 e. The van der Waals surface area contributed by atoms with Crippen LogP contribution in [0.1, 0.15) is 36.1 Å². The Balaban J connectivity index is 2.84. The van der Waals surface area contributed by atoms with Crippen LogP contribution in [0.15, 0.2) is 18.2 Å². The maximum Gasteiger partial charge on any atom is 0.305 e. The molecule has 0 saturated heterocycles. The average Bonchev–Trinajstić information content (AvgIpc) is 2.31. The summed E-state index contributed by atoms with van der Waals surface area (Å²) >= 11 is 0. The van der Waals surface area contributed by atoms with E-state index < -0.39 is 6.10 Å². The third-order valence-corrected chi connectivity index (χ3v) is 3.01. The minimum absolute atomic E-state index is 0.150. The Kier molecular flexibility index (Phi) is 4.70. The number of aryl methyl sites for hydroxylation is 2. The second-order valence-electron chi connectivity index (χ2n) is 4.56. The number of ether oxygens (including phenoxy) is 1. The predicted molar refractivity (Wildman–Crippen MR) is 66.7 cm³/mol. The van der Waals surface area contributed by atoms with Crippen LogP contribution in [0.2, 0.25) is 0 Å². The molecule has 0 radical (unpaired) electrons. The van der Waals surface area contributed by atoms with E-state index in [1.54, 1.807) is 0 Å². The standard InChI is InChI=1S/C14H20O3/c1-9-5-6-10(2)12(7-9)14(16)11(3)8-13(15)17-4/h5-7,11,14,16H,8H2,1-4H3. The minimum atomic E-state index is -0.631. The number of methoxy groups -OCH3 is 1. The molecule has 17 heavy (non-hydrogen) atoms. The molecule has 3 nitrogen and oxygen atoms in total. The van der Waals surface area contributed by atoms with Crippen LogP contribution in [-0.2, 0) is 9.53 Å². The van der Waals surface area contributed by atoms with Crippen LogP contribution in [0, 0.1) is 19.8 Å². The molecular weight excluding hydrogens is 216 g/mol. The highest BCUT2D eigenvalue weighted by molar-refractivity contribution is 5.69. The number of carbonyl (C=O) groups is 1. The first-order valence-corrected chi connectivity index (χ1v) is 5.77. The maximum absolute atomic E-state index is 11.2. The average molecular weight is 236 g/mol. The van der Waals surface area contributed by atoms with Crippen LogP contribution in [0.25, 0.3) is 0 Å². The predicted octanol–water partition coefficient (Wildman–Crippen LogP) is 2.54. The minimum Gasteiger partial charge on any atom is -0.469 e. The molecule has 0 heterocycles. The van der Waals surface area contributed by atoms with Crippen molar-refractivity contribution in [3.05, 3.63) is 34.9 Å². The van der Waals surface area contributed by atoms with Crippen molar-refractivity contribution < 1.29 is 14.6 Å². The second-order valence-corrected chi connectivity index (χ2v) is 4.56. The van der Waals surface area contributed by atoms with Crippen molar-refractivity contribution in [2.45, 2.75) is 33.3 Å². The summed E-state index contributed by atoms with van der Waals surface area (Å²) in [5.41, 5.74) is 3.04. The summed E-state index contributed by atoms with van der Waals surface area (Å²) in [5, 5.41) is 10.2. The van der Waals surface area contributed by atoms with E-state index in [2.05, 4.69) is 4.74 Å². The zero-order chi connectivity index (χ0) is 13.0. The van der Waals surface area contributed by atoms with Crippen LogP contribution >= 0.6 is 0 Å². The molecule has 0 bridgehead atoms. The Bertz CT molecular complexity index is 398. The molecule has 0 fully saturated rings. The van der Waals surface area contributed by atoms with Crippen molar-refractivity contribution >= 4 is 5.97 Å². The number of esters is 1. The van der Waals surface area contributed by atoms with E-state index in [9.17, 15) is 9.90 Å². The van der Waals surface area contributed by atoms with Gasteiger partial charge in [-0.15, -0.1) is 0 Å². The van der Waals surface area contributed by atoms with E-state index in [0.717, 1.165) is 16.7 Å². The van der Waals surface area contributed by atoms with Gasteiger partial charge in [0.05, 0.1) is 19.6 Å². The van der Waals surface area contributed by atoms with Gasteiger partial charge in [0.25, 0.3) is 0 Å². The van der Waals surface area contributed by atoms with E-state index in [1.807, 2.05) is 39.0 Å². The van der Waals surface area contributed by atoms with Gasteiger partial charge in [0.1, 0.15) is 0 Å². The molecule has 0 aromatic heterocycles. The maximum atomic E-state index is 11.2. The van der Waals surface area contributed by atoms with Gasteiger partial charge in [0.2, 0.25) is 0 Å². The van der Waals surface area contributed by atoms with Crippen molar-refractivity contribution in [3.63, 3.8) is 0 Å². The lowest BCUT2D eigenvalue weighted by Gasteiger charge is -2.20. The Morgan fingerprint density at radius 1 is 1.41 bits per heavy atom. The summed E-state index contributed by atoms with van der Waals surface area (Å²) in [6.45, 7) is 5.80. The van der Waals surface area contributed by atoms with E-state index in [0.29, 0.717) is 0 Å². The SMILES string of the molecule is COC(=O)CC(C)C(O)c1cc(C)ccc1C. The van der Waals surface area contributed by atoms with Crippen LogP contribution in [0.3, 0.4) is 0 Å². The number of aliphatic hydroxyl groups is 1. The number of aliphatic hydroxyl groups excluding tert-OH is 1. The fraction of sp³-hybridized carbons (Fsp3) is 0.500. The van der Waals surface area contributed by atoms with Gasteiger partial charge in [0, 0.05) is 0 Å². The van der Waals surface area contributed by atoms with Crippen LogP contribution in [0.4, 0.5) is 0 Å². The zero-order valence-electron chi connectivity index (χ0n) is 10.9. The molecule has 1 aromatic carbocycles. The van der Waals surface area contributed by atoms with E-state index in [4.69, 9.17) is 0 Å². The van der Waals surface area contributed by atoms with E-state index in [1.165, 1.54) is 7.11 Å². The fourth-order valence-electron chi connectivity index (χ4n) is 1.84. The lowest BCUT2D eigenvalue weighted by atomic mass is 9.91. The fourth-order valence-corrected chi connectivity index (χ4v) is 1.84. The number of benzene rings is 1. The summed E-state index contributed by atoms with van der Waals surface area (Å²) in [4.78, 5) is 11.2. The summed E-state index contributed by atoms with van der Waals surface area (Å²) in [6, 6.07) is 5.96. The van der Waals surface area contributed by atoms with Crippen molar-refractivity contribution in [3.8, 4) is 0 Å². The molecule has 2 unspecified atom stereocenters. The molecule has 0 aliphatic rings. The van der Waals surface area contributed by atoms with Crippen molar-refractivity contribution in [1.82, 2.24) is 0 Å². The summed E-state index contributed by atoms with van der Waals surface area (Å²) < 4.78 is 4.61. The Labute approximate surface area is 102 Å². The quantitative estimate of drug-likeness (QED) is 0.817. The Morgan fingerprint density at radius 3 is 2.65 bits per heavy atom. The monoisotopic (exact) mass is 236 g/mol. The first-order valence-electron chi connectivity index (χ1n) is 5.77. The number of hydrogen-bond donors (Lipinski definition) is 1. The molecule has 1 N–H and O–H groups in total. The first kappa shape index (κ1) is 13.7. The van der Waals surface area contributed by atoms with Gasteiger partial charge in [0.15, 0.2) is 0 Å². The topological polar surface area (TPSA) is 46.5 Å². The highest BCUT2D eigenvalue weighted by Gasteiger charge is 2.21. The lowest BCUT2D eigenvalue weighted by Crippen LogP contribution is -2.15.